The van der Waals surface area contributed by atoms with Crippen molar-refractivity contribution < 1.29 is 0 Å². The minimum Gasteiger partial charge on any atom is -0.303 e. The molecule has 0 spiro atoms. The molecule has 1 aliphatic heterocycles. The SMILES string of the molecule is ClCCN(CCCN1CCCC1)C1CC1. The molecule has 3 heteroatoms. The highest BCUT2D eigenvalue weighted by Gasteiger charge is 2.27. The Kier molecular flexibility index (Phi) is 4.73. The summed E-state index contributed by atoms with van der Waals surface area (Å²) in [5.74, 6) is 0.792. The van der Waals surface area contributed by atoms with E-state index in [1.165, 1.54) is 58.3 Å². The summed E-state index contributed by atoms with van der Waals surface area (Å²) in [4.78, 5) is 5.19. The van der Waals surface area contributed by atoms with Crippen LogP contribution in [0.25, 0.3) is 0 Å². The van der Waals surface area contributed by atoms with Gasteiger partial charge in [0.15, 0.2) is 0 Å². The fraction of sp³-hybridized carbons (Fsp3) is 1.00. The molecule has 88 valence electrons. The highest BCUT2D eigenvalue weighted by molar-refractivity contribution is 6.18. The smallest absolute Gasteiger partial charge is 0.0351 e. The van der Waals surface area contributed by atoms with Crippen LogP contribution in [0.4, 0.5) is 0 Å². The number of halogens is 1. The fourth-order valence-electron chi connectivity index (χ4n) is 2.53. The van der Waals surface area contributed by atoms with Crippen LogP contribution in [0.5, 0.6) is 0 Å². The van der Waals surface area contributed by atoms with Gasteiger partial charge in [0.1, 0.15) is 0 Å². The fourth-order valence-corrected chi connectivity index (χ4v) is 2.75. The predicted octanol–water partition coefficient (Wildman–Crippen LogP) is 2.18. The maximum Gasteiger partial charge on any atom is 0.0351 e. The zero-order valence-electron chi connectivity index (χ0n) is 9.63. The molecule has 1 saturated heterocycles. The Labute approximate surface area is 98.6 Å². The van der Waals surface area contributed by atoms with E-state index in [4.69, 9.17) is 11.6 Å². The number of hydrogen-bond acceptors (Lipinski definition) is 2. The Bertz CT molecular complexity index is 176. The van der Waals surface area contributed by atoms with Gasteiger partial charge in [0, 0.05) is 18.5 Å². The first-order valence-corrected chi connectivity index (χ1v) is 6.96. The van der Waals surface area contributed by atoms with Crippen molar-refractivity contribution in [2.24, 2.45) is 0 Å². The number of alkyl halides is 1. The number of likely N-dealkylation sites (tertiary alicyclic amines) is 1. The number of nitrogens with zero attached hydrogens (tertiary/aromatic N) is 2. The van der Waals surface area contributed by atoms with E-state index in [1.54, 1.807) is 0 Å². The minimum atomic E-state index is 0.792. The van der Waals surface area contributed by atoms with Crippen molar-refractivity contribution in [3.63, 3.8) is 0 Å². The molecule has 0 aromatic heterocycles. The Hall–Kier alpha value is 0.210. The molecule has 0 atom stereocenters. The van der Waals surface area contributed by atoms with E-state index in [1.807, 2.05) is 0 Å². The standard InChI is InChI=1S/C12H23ClN2/c13-6-11-15(12-4-5-12)10-3-9-14-7-1-2-8-14/h12H,1-11H2. The first-order valence-electron chi connectivity index (χ1n) is 6.42. The van der Waals surface area contributed by atoms with Gasteiger partial charge >= 0.3 is 0 Å². The summed E-state index contributed by atoms with van der Waals surface area (Å²) >= 11 is 5.82. The number of rotatable bonds is 7. The lowest BCUT2D eigenvalue weighted by atomic mass is 10.3. The second-order valence-electron chi connectivity index (χ2n) is 4.86. The van der Waals surface area contributed by atoms with Crippen molar-refractivity contribution in [3.05, 3.63) is 0 Å². The van der Waals surface area contributed by atoms with Crippen LogP contribution in [0.3, 0.4) is 0 Å². The highest BCUT2D eigenvalue weighted by Crippen LogP contribution is 2.26. The molecule has 2 aliphatic rings. The van der Waals surface area contributed by atoms with E-state index in [-0.39, 0.29) is 0 Å². The molecule has 0 bridgehead atoms. The van der Waals surface area contributed by atoms with Crippen molar-refractivity contribution >= 4 is 11.6 Å². The first kappa shape index (κ1) is 11.7. The molecule has 0 N–H and O–H groups in total. The monoisotopic (exact) mass is 230 g/mol. The Balaban J connectivity index is 1.57. The van der Waals surface area contributed by atoms with E-state index in [0.29, 0.717) is 0 Å². The highest BCUT2D eigenvalue weighted by atomic mass is 35.5. The third-order valence-corrected chi connectivity index (χ3v) is 3.72. The van der Waals surface area contributed by atoms with Crippen LogP contribution >= 0.6 is 11.6 Å². The molecule has 0 radical (unpaired) electrons. The summed E-state index contributed by atoms with van der Waals surface area (Å²) in [5, 5.41) is 0. The normalized spacial score (nSPS) is 22.8. The van der Waals surface area contributed by atoms with Crippen molar-refractivity contribution in [2.45, 2.75) is 38.1 Å². The summed E-state index contributed by atoms with van der Waals surface area (Å²) in [6.45, 7) is 6.31. The third-order valence-electron chi connectivity index (χ3n) is 3.55. The van der Waals surface area contributed by atoms with Crippen molar-refractivity contribution in [2.75, 3.05) is 38.6 Å². The van der Waals surface area contributed by atoms with Crippen molar-refractivity contribution in [1.82, 2.24) is 9.80 Å². The van der Waals surface area contributed by atoms with Gasteiger partial charge in [-0.1, -0.05) is 0 Å². The maximum atomic E-state index is 5.82. The molecule has 15 heavy (non-hydrogen) atoms. The summed E-state index contributed by atoms with van der Waals surface area (Å²) in [6.07, 6.45) is 6.95. The van der Waals surface area contributed by atoms with Gasteiger partial charge in [-0.05, 0) is 58.3 Å². The minimum absolute atomic E-state index is 0.792. The maximum absolute atomic E-state index is 5.82. The van der Waals surface area contributed by atoms with E-state index in [0.717, 1.165) is 18.5 Å². The zero-order valence-corrected chi connectivity index (χ0v) is 10.4. The topological polar surface area (TPSA) is 6.48 Å². The van der Waals surface area contributed by atoms with E-state index in [2.05, 4.69) is 9.80 Å². The van der Waals surface area contributed by atoms with Gasteiger partial charge in [0.25, 0.3) is 0 Å². The first-order chi connectivity index (χ1) is 7.40. The predicted molar refractivity (Wildman–Crippen MR) is 65.6 cm³/mol. The van der Waals surface area contributed by atoms with Gasteiger partial charge in [-0.25, -0.2) is 0 Å². The second-order valence-corrected chi connectivity index (χ2v) is 5.24. The van der Waals surface area contributed by atoms with Crippen LogP contribution < -0.4 is 0 Å². The van der Waals surface area contributed by atoms with Gasteiger partial charge in [-0.3, -0.25) is 4.90 Å². The molecular weight excluding hydrogens is 208 g/mol. The van der Waals surface area contributed by atoms with E-state index in [9.17, 15) is 0 Å². The van der Waals surface area contributed by atoms with Gasteiger partial charge in [-0.15, -0.1) is 11.6 Å². The van der Waals surface area contributed by atoms with Crippen LogP contribution in [0.2, 0.25) is 0 Å². The van der Waals surface area contributed by atoms with Crippen LogP contribution in [-0.4, -0.2) is 54.4 Å². The van der Waals surface area contributed by atoms with Gasteiger partial charge in [0.2, 0.25) is 0 Å². The molecular formula is C12H23ClN2. The molecule has 0 amide bonds. The Morgan fingerprint density at radius 2 is 1.87 bits per heavy atom. The van der Waals surface area contributed by atoms with E-state index < -0.39 is 0 Å². The molecule has 2 fully saturated rings. The quantitative estimate of drug-likeness (QED) is 0.619. The summed E-state index contributed by atoms with van der Waals surface area (Å²) in [5.41, 5.74) is 0. The van der Waals surface area contributed by atoms with Crippen LogP contribution in [0, 0.1) is 0 Å². The van der Waals surface area contributed by atoms with E-state index >= 15 is 0 Å². The summed E-state index contributed by atoms with van der Waals surface area (Å²) in [6, 6.07) is 0.877. The van der Waals surface area contributed by atoms with Gasteiger partial charge in [0.05, 0.1) is 0 Å². The summed E-state index contributed by atoms with van der Waals surface area (Å²) < 4.78 is 0. The van der Waals surface area contributed by atoms with Gasteiger partial charge in [-0.2, -0.15) is 0 Å². The van der Waals surface area contributed by atoms with Crippen molar-refractivity contribution in [1.29, 1.82) is 0 Å². The number of hydrogen-bond donors (Lipinski definition) is 0. The average Bonchev–Trinajstić information content (AvgIpc) is 2.96. The van der Waals surface area contributed by atoms with Crippen LogP contribution in [-0.2, 0) is 0 Å². The molecule has 1 saturated carbocycles. The Morgan fingerprint density at radius 1 is 1.13 bits per heavy atom. The zero-order chi connectivity index (χ0) is 10.5. The Morgan fingerprint density at radius 3 is 2.47 bits per heavy atom. The molecule has 0 unspecified atom stereocenters. The largest absolute Gasteiger partial charge is 0.303 e. The van der Waals surface area contributed by atoms with Crippen LogP contribution in [0.1, 0.15) is 32.1 Å². The lowest BCUT2D eigenvalue weighted by molar-refractivity contribution is 0.248. The van der Waals surface area contributed by atoms with Crippen molar-refractivity contribution in [3.8, 4) is 0 Å². The molecule has 2 nitrogen and oxygen atoms in total. The van der Waals surface area contributed by atoms with Crippen LogP contribution in [0.15, 0.2) is 0 Å². The summed E-state index contributed by atoms with van der Waals surface area (Å²) in [7, 11) is 0. The average molecular weight is 231 g/mol. The molecule has 2 rings (SSSR count). The molecule has 1 aliphatic carbocycles. The molecule has 1 heterocycles. The lowest BCUT2D eigenvalue weighted by Crippen LogP contribution is -2.31. The van der Waals surface area contributed by atoms with Gasteiger partial charge < -0.3 is 4.90 Å². The third kappa shape index (κ3) is 3.93. The molecule has 0 aromatic carbocycles. The molecule has 0 aromatic rings. The second kappa shape index (κ2) is 6.07. The lowest BCUT2D eigenvalue weighted by Gasteiger charge is -2.22.